The van der Waals surface area contributed by atoms with Gasteiger partial charge in [-0.15, -0.1) is 0 Å². The summed E-state index contributed by atoms with van der Waals surface area (Å²) >= 11 is 0. The van der Waals surface area contributed by atoms with Gasteiger partial charge in [0, 0.05) is 6.54 Å². The van der Waals surface area contributed by atoms with Crippen molar-refractivity contribution in [1.82, 2.24) is 5.32 Å². The summed E-state index contributed by atoms with van der Waals surface area (Å²) < 4.78 is 22.0. The Bertz CT molecular complexity index is 972. The zero-order valence-corrected chi connectivity index (χ0v) is 34.0. The molecule has 52 heavy (non-hydrogen) atoms. The van der Waals surface area contributed by atoms with Gasteiger partial charge in [-0.3, -0.25) is 13.8 Å². The Hall–Kier alpha value is -1.58. The molecule has 0 spiro atoms. The summed E-state index contributed by atoms with van der Waals surface area (Å²) in [5.74, 6) is -0.468. The van der Waals surface area contributed by atoms with Crippen LogP contribution in [0.5, 0.6) is 0 Å². The standard InChI is InChI=1S/C42H79N2O7P/c1-3-5-7-9-11-13-15-16-17-18-19-20-21-22-23-24-25-27-29-31-33-39(45)37-42(47)44-40(38-51-52(48,49)50-36-35-43)41(46)34-32-30-28-26-14-12-10-8-6-4-2/h6,8,14,21-22,26,32,34,39-41,45-46H,3-5,7,9-13,15-20,23-25,27-31,33,35-38,43H2,1-2H3,(H,44,47)(H,48,49)/b8-6+,22-21-,26-14+,34-32+. The van der Waals surface area contributed by atoms with Crippen molar-refractivity contribution >= 4 is 13.7 Å². The van der Waals surface area contributed by atoms with E-state index in [-0.39, 0.29) is 19.6 Å². The van der Waals surface area contributed by atoms with Gasteiger partial charge >= 0.3 is 7.82 Å². The number of phosphoric acid groups is 1. The highest BCUT2D eigenvalue weighted by molar-refractivity contribution is 7.47. The maximum absolute atomic E-state index is 12.8. The molecule has 0 aromatic carbocycles. The molecule has 1 amide bonds. The Morgan fingerprint density at radius 2 is 1.15 bits per heavy atom. The van der Waals surface area contributed by atoms with Crippen LogP contribution in [0.25, 0.3) is 0 Å². The van der Waals surface area contributed by atoms with Crippen molar-refractivity contribution in [2.75, 3.05) is 19.8 Å². The predicted octanol–water partition coefficient (Wildman–Crippen LogP) is 10.3. The highest BCUT2D eigenvalue weighted by atomic mass is 31.2. The normalized spacial score (nSPS) is 15.3. The average Bonchev–Trinajstić information content (AvgIpc) is 3.12. The minimum atomic E-state index is -4.41. The smallest absolute Gasteiger partial charge is 0.393 e. The fourth-order valence-corrected chi connectivity index (χ4v) is 6.56. The zero-order valence-electron chi connectivity index (χ0n) is 33.1. The minimum absolute atomic E-state index is 0.0398. The topological polar surface area (TPSA) is 151 Å². The van der Waals surface area contributed by atoms with Crippen LogP contribution in [-0.4, -0.2) is 59.0 Å². The molecule has 10 heteroatoms. The summed E-state index contributed by atoms with van der Waals surface area (Å²) in [4.78, 5) is 22.7. The van der Waals surface area contributed by atoms with Crippen LogP contribution in [0, 0.1) is 0 Å². The highest BCUT2D eigenvalue weighted by Crippen LogP contribution is 2.43. The summed E-state index contributed by atoms with van der Waals surface area (Å²) in [7, 11) is -4.41. The van der Waals surface area contributed by atoms with Crippen LogP contribution in [0.4, 0.5) is 0 Å². The number of hydrogen-bond donors (Lipinski definition) is 5. The van der Waals surface area contributed by atoms with Crippen LogP contribution in [0.15, 0.2) is 48.6 Å². The van der Waals surface area contributed by atoms with Gasteiger partial charge in [-0.2, -0.15) is 0 Å². The van der Waals surface area contributed by atoms with Crippen molar-refractivity contribution in [2.45, 2.75) is 193 Å². The molecule has 0 bridgehead atoms. The molecular weight excluding hydrogens is 675 g/mol. The zero-order chi connectivity index (χ0) is 38.4. The SMILES string of the molecule is CC/C=C/CC/C=C/CC/C=C/C(O)C(COP(=O)(O)OCCN)NC(=O)CC(O)CCCCCCC/C=C\CCCCCCCCCCCCC. The largest absolute Gasteiger partial charge is 0.472 e. The van der Waals surface area contributed by atoms with E-state index in [1.807, 2.05) is 0 Å². The molecule has 0 aromatic heterocycles. The van der Waals surface area contributed by atoms with E-state index in [0.29, 0.717) is 12.8 Å². The quantitative estimate of drug-likeness (QED) is 0.0237. The van der Waals surface area contributed by atoms with Crippen LogP contribution in [0.1, 0.15) is 174 Å². The molecule has 0 saturated heterocycles. The third-order valence-electron chi connectivity index (χ3n) is 8.92. The van der Waals surface area contributed by atoms with Gasteiger partial charge in [0.2, 0.25) is 5.91 Å². The highest BCUT2D eigenvalue weighted by Gasteiger charge is 2.27. The number of hydrogen-bond acceptors (Lipinski definition) is 7. The molecular formula is C42H79N2O7P. The first-order valence-electron chi connectivity index (χ1n) is 20.8. The maximum Gasteiger partial charge on any atom is 0.472 e. The van der Waals surface area contributed by atoms with Crippen molar-refractivity contribution in [1.29, 1.82) is 0 Å². The molecule has 6 N–H and O–H groups in total. The van der Waals surface area contributed by atoms with E-state index in [0.717, 1.165) is 57.8 Å². The number of carbonyl (C=O) groups excluding carboxylic acids is 1. The Labute approximate surface area is 318 Å². The van der Waals surface area contributed by atoms with Crippen LogP contribution in [0.3, 0.4) is 0 Å². The van der Waals surface area contributed by atoms with E-state index in [2.05, 4.69) is 55.6 Å². The monoisotopic (exact) mass is 755 g/mol. The number of unbranched alkanes of at least 4 members (excludes halogenated alkanes) is 18. The number of aliphatic hydroxyl groups excluding tert-OH is 2. The van der Waals surface area contributed by atoms with Crippen LogP contribution in [-0.2, 0) is 18.4 Å². The Morgan fingerprint density at radius 1 is 0.673 bits per heavy atom. The lowest BCUT2D eigenvalue weighted by Crippen LogP contribution is -2.46. The molecule has 4 unspecified atom stereocenters. The van der Waals surface area contributed by atoms with Crippen LogP contribution in [0.2, 0.25) is 0 Å². The molecule has 9 nitrogen and oxygen atoms in total. The number of nitrogens with one attached hydrogen (secondary N) is 1. The van der Waals surface area contributed by atoms with E-state index in [9.17, 15) is 24.5 Å². The van der Waals surface area contributed by atoms with Gasteiger partial charge in [-0.25, -0.2) is 4.57 Å². The summed E-state index contributed by atoms with van der Waals surface area (Å²) in [6.07, 6.45) is 42.2. The number of nitrogens with two attached hydrogens (primary N) is 1. The fourth-order valence-electron chi connectivity index (χ4n) is 5.80. The van der Waals surface area contributed by atoms with Gasteiger partial charge in [-0.1, -0.05) is 152 Å². The van der Waals surface area contributed by atoms with Crippen molar-refractivity contribution in [3.05, 3.63) is 48.6 Å². The number of amides is 1. The van der Waals surface area contributed by atoms with Gasteiger partial charge in [-0.05, 0) is 64.2 Å². The molecule has 0 aromatic rings. The van der Waals surface area contributed by atoms with E-state index in [1.165, 1.54) is 83.5 Å². The summed E-state index contributed by atoms with van der Waals surface area (Å²) in [5.41, 5.74) is 5.34. The predicted molar refractivity (Wildman–Crippen MR) is 218 cm³/mol. The van der Waals surface area contributed by atoms with Crippen molar-refractivity contribution in [3.63, 3.8) is 0 Å². The first-order valence-corrected chi connectivity index (χ1v) is 22.3. The van der Waals surface area contributed by atoms with Gasteiger partial charge < -0.3 is 26.2 Å². The first kappa shape index (κ1) is 50.4. The molecule has 0 rings (SSSR count). The van der Waals surface area contributed by atoms with E-state index < -0.39 is 38.6 Å². The molecule has 0 fully saturated rings. The second kappa shape index (κ2) is 37.7. The molecule has 0 aliphatic heterocycles. The number of rotatable bonds is 38. The average molecular weight is 755 g/mol. The van der Waals surface area contributed by atoms with Gasteiger partial charge in [0.1, 0.15) is 0 Å². The van der Waals surface area contributed by atoms with Crippen molar-refractivity contribution < 1.29 is 33.5 Å². The van der Waals surface area contributed by atoms with Gasteiger partial charge in [0.25, 0.3) is 0 Å². The molecule has 0 heterocycles. The maximum atomic E-state index is 12.8. The number of phosphoric ester groups is 1. The lowest BCUT2D eigenvalue weighted by Gasteiger charge is -2.24. The minimum Gasteiger partial charge on any atom is -0.393 e. The number of allylic oxidation sites excluding steroid dienone is 7. The molecule has 0 radical (unpaired) electrons. The number of carbonyl (C=O) groups is 1. The van der Waals surface area contributed by atoms with Crippen molar-refractivity contribution in [3.8, 4) is 0 Å². The fraction of sp³-hybridized carbons (Fsp3) is 0.786. The number of aliphatic hydroxyl groups is 2. The Balaban J connectivity index is 4.27. The summed E-state index contributed by atoms with van der Waals surface area (Å²) in [6, 6.07) is -1.01. The van der Waals surface area contributed by atoms with E-state index in [1.54, 1.807) is 12.2 Å². The third-order valence-corrected chi connectivity index (χ3v) is 9.90. The summed E-state index contributed by atoms with van der Waals surface area (Å²) in [6.45, 7) is 3.80. The molecule has 4 atom stereocenters. The molecule has 0 aliphatic carbocycles. The first-order chi connectivity index (χ1) is 25.3. The molecule has 0 saturated carbocycles. The molecule has 304 valence electrons. The lowest BCUT2D eigenvalue weighted by molar-refractivity contribution is -0.124. The van der Waals surface area contributed by atoms with E-state index >= 15 is 0 Å². The van der Waals surface area contributed by atoms with E-state index in [4.69, 9.17) is 14.8 Å². The Morgan fingerprint density at radius 3 is 1.69 bits per heavy atom. The second-order valence-corrected chi connectivity index (χ2v) is 15.4. The molecule has 0 aliphatic rings. The summed E-state index contributed by atoms with van der Waals surface area (Å²) in [5, 5.41) is 23.9. The third kappa shape index (κ3) is 35.4. The lowest BCUT2D eigenvalue weighted by atomic mass is 10.0. The van der Waals surface area contributed by atoms with Gasteiger partial charge in [0.05, 0.1) is 37.9 Å². The van der Waals surface area contributed by atoms with Gasteiger partial charge in [0.15, 0.2) is 0 Å². The van der Waals surface area contributed by atoms with Crippen molar-refractivity contribution in [2.24, 2.45) is 5.73 Å². The van der Waals surface area contributed by atoms with Crippen LogP contribution >= 0.6 is 7.82 Å². The Kier molecular flexibility index (Phi) is 36.6. The second-order valence-electron chi connectivity index (χ2n) is 14.0. The van der Waals surface area contributed by atoms with Crippen LogP contribution < -0.4 is 11.1 Å².